The number of aromatic nitrogens is 1. The van der Waals surface area contributed by atoms with Crippen molar-refractivity contribution in [2.24, 2.45) is 0 Å². The summed E-state index contributed by atoms with van der Waals surface area (Å²) in [7, 11) is 0. The number of hydrogen-bond donors (Lipinski definition) is 2. The molecule has 2 aromatic rings. The van der Waals surface area contributed by atoms with E-state index in [0.29, 0.717) is 6.04 Å². The highest BCUT2D eigenvalue weighted by Gasteiger charge is 2.14. The Balaban J connectivity index is 1.96. The summed E-state index contributed by atoms with van der Waals surface area (Å²) in [6.45, 7) is 2.15. The summed E-state index contributed by atoms with van der Waals surface area (Å²) in [4.78, 5) is 4.27. The van der Waals surface area contributed by atoms with E-state index < -0.39 is 0 Å². The number of nitrogens with zero attached hydrogens (tertiary/aromatic N) is 1. The topological polar surface area (TPSA) is 37.0 Å². The van der Waals surface area contributed by atoms with Crippen molar-refractivity contribution in [2.75, 3.05) is 18.4 Å². The molecular formula is C13H15N3. The third-order valence-electron chi connectivity index (χ3n) is 3.09. The number of anilines is 1. The van der Waals surface area contributed by atoms with Gasteiger partial charge in [-0.25, -0.2) is 0 Å². The molecule has 0 unspecified atom stereocenters. The number of nitrogens with one attached hydrogen (secondary N) is 2. The lowest BCUT2D eigenvalue weighted by molar-refractivity contribution is 0.794. The Labute approximate surface area is 94.9 Å². The van der Waals surface area contributed by atoms with Crippen LogP contribution in [0.15, 0.2) is 36.7 Å². The van der Waals surface area contributed by atoms with Crippen molar-refractivity contribution >= 4 is 16.5 Å². The number of hydrogen-bond acceptors (Lipinski definition) is 3. The van der Waals surface area contributed by atoms with Crippen molar-refractivity contribution in [2.45, 2.75) is 12.5 Å². The van der Waals surface area contributed by atoms with Gasteiger partial charge in [-0.15, -0.1) is 0 Å². The highest BCUT2D eigenvalue weighted by Crippen LogP contribution is 2.22. The SMILES string of the molecule is c1ccc2c(N[C@@H]3CCNC3)cncc2c1. The summed E-state index contributed by atoms with van der Waals surface area (Å²) in [5.74, 6) is 0. The Morgan fingerprint density at radius 3 is 3.06 bits per heavy atom. The minimum Gasteiger partial charge on any atom is -0.379 e. The number of benzene rings is 1. The number of rotatable bonds is 2. The van der Waals surface area contributed by atoms with Gasteiger partial charge in [-0.05, 0) is 13.0 Å². The second kappa shape index (κ2) is 4.10. The first-order chi connectivity index (χ1) is 7.93. The van der Waals surface area contributed by atoms with E-state index in [9.17, 15) is 0 Å². The lowest BCUT2D eigenvalue weighted by Gasteiger charge is -2.14. The largest absolute Gasteiger partial charge is 0.379 e. The molecule has 1 aliphatic rings. The van der Waals surface area contributed by atoms with Crippen LogP contribution in [0.25, 0.3) is 10.8 Å². The average Bonchev–Trinajstić information content (AvgIpc) is 2.82. The molecule has 1 aromatic carbocycles. The Kier molecular flexibility index (Phi) is 2.46. The van der Waals surface area contributed by atoms with Crippen LogP contribution in [0.1, 0.15) is 6.42 Å². The third kappa shape index (κ3) is 1.74. The van der Waals surface area contributed by atoms with Crippen LogP contribution in [0.3, 0.4) is 0 Å². The van der Waals surface area contributed by atoms with E-state index in [4.69, 9.17) is 0 Å². The minimum atomic E-state index is 0.535. The summed E-state index contributed by atoms with van der Waals surface area (Å²) in [5, 5.41) is 9.36. The van der Waals surface area contributed by atoms with Crippen LogP contribution in [0.2, 0.25) is 0 Å². The van der Waals surface area contributed by atoms with E-state index in [0.717, 1.165) is 18.8 Å². The van der Waals surface area contributed by atoms with Crippen LogP contribution >= 0.6 is 0 Å². The van der Waals surface area contributed by atoms with Crippen molar-refractivity contribution in [3.63, 3.8) is 0 Å². The lowest BCUT2D eigenvalue weighted by Crippen LogP contribution is -2.22. The van der Waals surface area contributed by atoms with Crippen molar-refractivity contribution in [1.82, 2.24) is 10.3 Å². The molecule has 2 heterocycles. The zero-order valence-electron chi connectivity index (χ0n) is 9.11. The average molecular weight is 213 g/mol. The van der Waals surface area contributed by atoms with Gasteiger partial charge in [0.05, 0.1) is 11.9 Å². The van der Waals surface area contributed by atoms with Crippen molar-refractivity contribution in [3.8, 4) is 0 Å². The summed E-state index contributed by atoms with van der Waals surface area (Å²) >= 11 is 0. The molecule has 2 N–H and O–H groups in total. The Hall–Kier alpha value is -1.61. The second-order valence-corrected chi connectivity index (χ2v) is 4.24. The molecule has 3 rings (SSSR count). The Morgan fingerprint density at radius 2 is 2.19 bits per heavy atom. The molecule has 0 spiro atoms. The molecule has 0 bridgehead atoms. The van der Waals surface area contributed by atoms with Crippen molar-refractivity contribution in [3.05, 3.63) is 36.7 Å². The van der Waals surface area contributed by atoms with E-state index in [1.165, 1.54) is 17.2 Å². The van der Waals surface area contributed by atoms with Gasteiger partial charge in [0.25, 0.3) is 0 Å². The molecule has 1 aromatic heterocycles. The quantitative estimate of drug-likeness (QED) is 0.801. The van der Waals surface area contributed by atoms with E-state index >= 15 is 0 Å². The standard InChI is InChI=1S/C13H15N3/c1-2-4-12-10(3-1)7-15-9-13(12)16-11-5-6-14-8-11/h1-4,7,9,11,14,16H,5-6,8H2/t11-/m1/s1. The molecule has 1 atom stereocenters. The minimum absolute atomic E-state index is 0.535. The fraction of sp³-hybridized carbons (Fsp3) is 0.308. The van der Waals surface area contributed by atoms with Crippen LogP contribution < -0.4 is 10.6 Å². The number of pyridine rings is 1. The van der Waals surface area contributed by atoms with Crippen LogP contribution in [-0.2, 0) is 0 Å². The summed E-state index contributed by atoms with van der Waals surface area (Å²) in [6, 6.07) is 8.89. The predicted molar refractivity (Wildman–Crippen MR) is 66.6 cm³/mol. The third-order valence-corrected chi connectivity index (χ3v) is 3.09. The molecule has 0 radical (unpaired) electrons. The van der Waals surface area contributed by atoms with E-state index in [1.807, 2.05) is 18.5 Å². The van der Waals surface area contributed by atoms with Gasteiger partial charge in [0, 0.05) is 29.6 Å². The molecule has 0 amide bonds. The Bertz CT molecular complexity index is 484. The zero-order chi connectivity index (χ0) is 10.8. The molecule has 3 nitrogen and oxygen atoms in total. The normalized spacial score (nSPS) is 20.1. The molecule has 1 saturated heterocycles. The molecule has 3 heteroatoms. The number of fused-ring (bicyclic) bond motifs is 1. The molecule has 0 saturated carbocycles. The Morgan fingerprint density at radius 1 is 1.25 bits per heavy atom. The first-order valence-corrected chi connectivity index (χ1v) is 5.73. The summed E-state index contributed by atoms with van der Waals surface area (Å²) < 4.78 is 0. The van der Waals surface area contributed by atoms with Crippen LogP contribution in [0.4, 0.5) is 5.69 Å². The van der Waals surface area contributed by atoms with E-state index in [-0.39, 0.29) is 0 Å². The fourth-order valence-electron chi connectivity index (χ4n) is 2.23. The lowest BCUT2D eigenvalue weighted by atomic mass is 10.1. The maximum atomic E-state index is 4.27. The molecule has 1 fully saturated rings. The van der Waals surface area contributed by atoms with Gasteiger partial charge in [-0.2, -0.15) is 0 Å². The highest BCUT2D eigenvalue weighted by molar-refractivity contribution is 5.92. The zero-order valence-corrected chi connectivity index (χ0v) is 9.11. The molecular weight excluding hydrogens is 198 g/mol. The first kappa shape index (κ1) is 9.60. The van der Waals surface area contributed by atoms with E-state index in [2.05, 4.69) is 33.8 Å². The second-order valence-electron chi connectivity index (χ2n) is 4.24. The van der Waals surface area contributed by atoms with Crippen LogP contribution in [0.5, 0.6) is 0 Å². The van der Waals surface area contributed by atoms with Gasteiger partial charge in [0.15, 0.2) is 0 Å². The highest BCUT2D eigenvalue weighted by atomic mass is 15.0. The van der Waals surface area contributed by atoms with Crippen molar-refractivity contribution < 1.29 is 0 Å². The van der Waals surface area contributed by atoms with Gasteiger partial charge in [-0.1, -0.05) is 24.3 Å². The van der Waals surface area contributed by atoms with Gasteiger partial charge in [-0.3, -0.25) is 4.98 Å². The maximum absolute atomic E-state index is 4.27. The predicted octanol–water partition coefficient (Wildman–Crippen LogP) is 2.01. The molecule has 82 valence electrons. The monoisotopic (exact) mass is 213 g/mol. The molecule has 16 heavy (non-hydrogen) atoms. The van der Waals surface area contributed by atoms with Gasteiger partial charge in [0.2, 0.25) is 0 Å². The summed E-state index contributed by atoms with van der Waals surface area (Å²) in [5.41, 5.74) is 1.15. The smallest absolute Gasteiger partial charge is 0.0608 e. The van der Waals surface area contributed by atoms with Gasteiger partial charge < -0.3 is 10.6 Å². The van der Waals surface area contributed by atoms with Crippen molar-refractivity contribution in [1.29, 1.82) is 0 Å². The maximum Gasteiger partial charge on any atom is 0.0608 e. The molecule has 1 aliphatic heterocycles. The first-order valence-electron chi connectivity index (χ1n) is 5.73. The van der Waals surface area contributed by atoms with Crippen LogP contribution in [0, 0.1) is 0 Å². The van der Waals surface area contributed by atoms with Gasteiger partial charge >= 0.3 is 0 Å². The molecule has 0 aliphatic carbocycles. The van der Waals surface area contributed by atoms with Crippen LogP contribution in [-0.4, -0.2) is 24.1 Å². The van der Waals surface area contributed by atoms with E-state index in [1.54, 1.807) is 0 Å². The van der Waals surface area contributed by atoms with Gasteiger partial charge in [0.1, 0.15) is 0 Å². The fourth-order valence-corrected chi connectivity index (χ4v) is 2.23. The summed E-state index contributed by atoms with van der Waals surface area (Å²) in [6.07, 6.45) is 5.01.